The van der Waals surface area contributed by atoms with Crippen LogP contribution >= 0.6 is 11.6 Å². The summed E-state index contributed by atoms with van der Waals surface area (Å²) in [6, 6.07) is 6.22. The Hall–Kier alpha value is -1.61. The van der Waals surface area contributed by atoms with E-state index in [4.69, 9.17) is 16.3 Å². The van der Waals surface area contributed by atoms with Gasteiger partial charge in [-0.1, -0.05) is 11.6 Å². The molecule has 0 aliphatic heterocycles. The van der Waals surface area contributed by atoms with Crippen molar-refractivity contribution in [3.63, 3.8) is 0 Å². The molecule has 0 atom stereocenters. The van der Waals surface area contributed by atoms with E-state index in [1.54, 1.807) is 18.2 Å². The molecule has 2 aromatic carbocycles. The highest BCUT2D eigenvalue weighted by Gasteiger charge is 2.12. The van der Waals surface area contributed by atoms with Crippen LogP contribution in [0.1, 0.15) is 5.56 Å². The molecule has 0 radical (unpaired) electrons. The molecular weight excluding hydrogens is 216 g/mol. The highest BCUT2D eigenvalue weighted by molar-refractivity contribution is 6.30. The van der Waals surface area contributed by atoms with Crippen LogP contribution in [0.3, 0.4) is 0 Å². The summed E-state index contributed by atoms with van der Waals surface area (Å²) in [5, 5.41) is 0.602. The molecule has 76 valence electrons. The van der Waals surface area contributed by atoms with Gasteiger partial charge in [0.15, 0.2) is 5.75 Å². The summed E-state index contributed by atoms with van der Waals surface area (Å²) in [6.45, 7) is 1.81. The van der Waals surface area contributed by atoms with Crippen LogP contribution in [-0.2, 0) is 0 Å². The van der Waals surface area contributed by atoms with Gasteiger partial charge in [0, 0.05) is 11.1 Å². The number of hydrogen-bond acceptors (Lipinski definition) is 3. The molecule has 0 aliphatic rings. The molecule has 0 fully saturated rings. The summed E-state index contributed by atoms with van der Waals surface area (Å²) in [5.41, 5.74) is -0.281. The molecule has 2 aromatic rings. The zero-order valence-electron chi connectivity index (χ0n) is 7.91. The van der Waals surface area contributed by atoms with Crippen molar-refractivity contribution in [3.05, 3.63) is 55.3 Å². The average molecular weight is 223 g/mol. The van der Waals surface area contributed by atoms with Gasteiger partial charge in [0.1, 0.15) is 5.75 Å². The topological polar surface area (TPSA) is 43.4 Å². The summed E-state index contributed by atoms with van der Waals surface area (Å²) in [5.74, 6) is 0.622. The van der Waals surface area contributed by atoms with Crippen molar-refractivity contribution in [2.75, 3.05) is 0 Å². The van der Waals surface area contributed by atoms with Gasteiger partial charge >= 0.3 is 0 Å². The Morgan fingerprint density at radius 2 is 1.87 bits per heavy atom. The maximum absolute atomic E-state index is 11.0. The van der Waals surface area contributed by atoms with Crippen LogP contribution in [0.4, 0.5) is 0 Å². The molecule has 0 N–H and O–H groups in total. The van der Waals surface area contributed by atoms with Crippen molar-refractivity contribution in [2.45, 2.75) is 6.92 Å². The molecule has 0 spiro atoms. The predicted molar refractivity (Wildman–Crippen MR) is 57.6 cm³/mol. The number of ether oxygens (including phenoxy) is 1. The summed E-state index contributed by atoms with van der Waals surface area (Å²) in [6.07, 6.45) is 0. The number of hydrogen-bond donors (Lipinski definition) is 0. The highest BCUT2D eigenvalue weighted by atomic mass is 35.5. The standard InChI is InChI=1S/C11H7ClO3/c1-6-4-7(12)2-3-9(6)15-10-5-8(13)11(10)14/h2-5H,1H3. The Kier molecular flexibility index (Phi) is 2.32. The van der Waals surface area contributed by atoms with Gasteiger partial charge in [-0.25, -0.2) is 0 Å². The average Bonchev–Trinajstić information content (AvgIpc) is 2.20. The van der Waals surface area contributed by atoms with Gasteiger partial charge in [-0.2, -0.15) is 0 Å². The van der Waals surface area contributed by atoms with Crippen molar-refractivity contribution in [1.29, 1.82) is 0 Å². The fourth-order valence-electron chi connectivity index (χ4n) is 1.22. The smallest absolute Gasteiger partial charge is 0.268 e. The third kappa shape index (κ3) is 1.78. The first-order valence-corrected chi connectivity index (χ1v) is 4.70. The van der Waals surface area contributed by atoms with Crippen LogP contribution in [-0.4, -0.2) is 0 Å². The van der Waals surface area contributed by atoms with Crippen molar-refractivity contribution in [2.24, 2.45) is 0 Å². The van der Waals surface area contributed by atoms with Gasteiger partial charge in [0.05, 0.1) is 0 Å². The number of rotatable bonds is 2. The zero-order valence-corrected chi connectivity index (χ0v) is 8.67. The predicted octanol–water partition coefficient (Wildman–Crippen LogP) is 2.04. The molecule has 15 heavy (non-hydrogen) atoms. The molecule has 0 heterocycles. The quantitative estimate of drug-likeness (QED) is 0.731. The van der Waals surface area contributed by atoms with Crippen molar-refractivity contribution in [3.8, 4) is 11.5 Å². The second kappa shape index (κ2) is 3.51. The van der Waals surface area contributed by atoms with Gasteiger partial charge in [0.25, 0.3) is 5.43 Å². The van der Waals surface area contributed by atoms with E-state index in [0.29, 0.717) is 10.8 Å². The molecule has 0 amide bonds. The maximum atomic E-state index is 11.0. The minimum Gasteiger partial charge on any atom is -0.453 e. The van der Waals surface area contributed by atoms with Gasteiger partial charge < -0.3 is 4.74 Å². The van der Waals surface area contributed by atoms with E-state index in [9.17, 15) is 9.59 Å². The first-order chi connectivity index (χ1) is 7.08. The van der Waals surface area contributed by atoms with Crippen LogP contribution < -0.4 is 15.6 Å². The lowest BCUT2D eigenvalue weighted by Crippen LogP contribution is -2.29. The van der Waals surface area contributed by atoms with E-state index in [1.807, 2.05) is 6.92 Å². The lowest BCUT2D eigenvalue weighted by Gasteiger charge is -2.08. The second-order valence-electron chi connectivity index (χ2n) is 3.21. The van der Waals surface area contributed by atoms with E-state index in [1.165, 1.54) is 6.07 Å². The Morgan fingerprint density at radius 1 is 1.13 bits per heavy atom. The van der Waals surface area contributed by atoms with Gasteiger partial charge in [-0.15, -0.1) is 0 Å². The largest absolute Gasteiger partial charge is 0.453 e. The number of aryl methyl sites for hydroxylation is 1. The lowest BCUT2D eigenvalue weighted by atomic mass is 10.2. The molecule has 0 aromatic heterocycles. The molecule has 0 saturated carbocycles. The number of halogens is 1. The third-order valence-electron chi connectivity index (χ3n) is 2.07. The summed E-state index contributed by atoms with van der Waals surface area (Å²) < 4.78 is 5.25. The Balaban J connectivity index is 2.30. The van der Waals surface area contributed by atoms with Crippen LogP contribution in [0.2, 0.25) is 5.02 Å². The van der Waals surface area contributed by atoms with E-state index >= 15 is 0 Å². The number of benzene rings is 1. The maximum Gasteiger partial charge on any atom is 0.268 e. The molecule has 0 unspecified atom stereocenters. The fraction of sp³-hybridized carbons (Fsp3) is 0.0909. The Bertz CT molecular complexity index is 579. The van der Waals surface area contributed by atoms with Gasteiger partial charge in [0.2, 0.25) is 5.43 Å². The molecule has 0 saturated heterocycles. The zero-order chi connectivity index (χ0) is 11.0. The molecule has 4 heteroatoms. The summed E-state index contributed by atoms with van der Waals surface area (Å²) >= 11 is 5.76. The third-order valence-corrected chi connectivity index (χ3v) is 2.30. The molecule has 0 bridgehead atoms. The molecular formula is C11H7ClO3. The van der Waals surface area contributed by atoms with Crippen LogP contribution in [0.5, 0.6) is 11.5 Å². The highest BCUT2D eigenvalue weighted by Crippen LogP contribution is 2.25. The van der Waals surface area contributed by atoms with Crippen LogP contribution in [0.25, 0.3) is 0 Å². The minimum atomic E-state index is -0.579. The van der Waals surface area contributed by atoms with Crippen molar-refractivity contribution in [1.82, 2.24) is 0 Å². The van der Waals surface area contributed by atoms with Gasteiger partial charge in [-0.05, 0) is 30.7 Å². The van der Waals surface area contributed by atoms with Gasteiger partial charge in [-0.3, -0.25) is 9.59 Å². The molecule has 2 rings (SSSR count). The molecule has 0 aliphatic carbocycles. The normalized spacial score (nSPS) is 10.5. The van der Waals surface area contributed by atoms with Crippen molar-refractivity contribution < 1.29 is 4.74 Å². The Morgan fingerprint density at radius 3 is 2.40 bits per heavy atom. The molecule has 3 nitrogen and oxygen atoms in total. The van der Waals surface area contributed by atoms with Crippen LogP contribution in [0, 0.1) is 6.92 Å². The SMILES string of the molecule is Cc1cc(Cl)ccc1Oc1cc(=O)c1=O. The lowest BCUT2D eigenvalue weighted by molar-refractivity contribution is 0.468. The minimum absolute atomic E-state index is 0.0884. The van der Waals surface area contributed by atoms with Crippen LogP contribution in [0.15, 0.2) is 33.9 Å². The van der Waals surface area contributed by atoms with E-state index in [0.717, 1.165) is 5.56 Å². The second-order valence-corrected chi connectivity index (χ2v) is 3.65. The first kappa shape index (κ1) is 9.93. The first-order valence-electron chi connectivity index (χ1n) is 4.32. The Labute approximate surface area is 90.6 Å². The summed E-state index contributed by atoms with van der Waals surface area (Å²) in [7, 11) is 0. The van der Waals surface area contributed by atoms with E-state index in [2.05, 4.69) is 0 Å². The van der Waals surface area contributed by atoms with Crippen molar-refractivity contribution >= 4 is 11.6 Å². The fourth-order valence-corrected chi connectivity index (χ4v) is 1.44. The summed E-state index contributed by atoms with van der Waals surface area (Å²) in [4.78, 5) is 21.6. The van der Waals surface area contributed by atoms with E-state index in [-0.39, 0.29) is 5.75 Å². The van der Waals surface area contributed by atoms with E-state index < -0.39 is 10.9 Å². The monoisotopic (exact) mass is 222 g/mol.